The van der Waals surface area contributed by atoms with Crippen LogP contribution in [0.25, 0.3) is 0 Å². The van der Waals surface area contributed by atoms with E-state index in [0.717, 1.165) is 12.1 Å². The molecule has 2 aliphatic rings. The van der Waals surface area contributed by atoms with E-state index in [9.17, 15) is 9.18 Å². The molecule has 31 heavy (non-hydrogen) atoms. The first kappa shape index (κ1) is 26.9. The molecular formula is C24H38FN3O3. The van der Waals surface area contributed by atoms with Gasteiger partial charge in [-0.15, -0.1) is 0 Å². The van der Waals surface area contributed by atoms with Gasteiger partial charge in [-0.2, -0.15) is 5.26 Å². The van der Waals surface area contributed by atoms with Gasteiger partial charge in [0.05, 0.1) is 24.3 Å². The van der Waals surface area contributed by atoms with Crippen LogP contribution in [0.3, 0.4) is 0 Å². The number of halogens is 1. The summed E-state index contributed by atoms with van der Waals surface area (Å²) in [6.45, 7) is 16.8. The molecule has 174 valence electrons. The van der Waals surface area contributed by atoms with Crippen LogP contribution in [0.2, 0.25) is 0 Å². The summed E-state index contributed by atoms with van der Waals surface area (Å²) in [4.78, 5) is 16.3. The molecule has 1 aromatic rings. The van der Waals surface area contributed by atoms with Crippen LogP contribution < -0.4 is 0 Å². The lowest BCUT2D eigenvalue weighted by Gasteiger charge is -2.46. The van der Waals surface area contributed by atoms with E-state index in [1.165, 1.54) is 12.5 Å². The van der Waals surface area contributed by atoms with Crippen molar-refractivity contribution in [1.29, 1.82) is 5.26 Å². The topological polar surface area (TPSA) is 65.8 Å². The molecule has 1 amide bonds. The third kappa shape index (κ3) is 8.12. The van der Waals surface area contributed by atoms with E-state index in [4.69, 9.17) is 14.7 Å². The van der Waals surface area contributed by atoms with Gasteiger partial charge in [-0.3, -0.25) is 4.90 Å². The molecule has 0 N–H and O–H groups in total. The lowest BCUT2D eigenvalue weighted by Crippen LogP contribution is -2.60. The minimum atomic E-state index is -0.518. The number of fused-ring (bicyclic) bond motifs is 1. The number of ether oxygens (including phenoxy) is 2. The molecule has 2 aliphatic heterocycles. The monoisotopic (exact) mass is 435 g/mol. The summed E-state index contributed by atoms with van der Waals surface area (Å²) in [5.74, 6) is -0.518. The Kier molecular flexibility index (Phi) is 10.9. The number of hydrogen-bond acceptors (Lipinski definition) is 5. The van der Waals surface area contributed by atoms with E-state index >= 15 is 0 Å². The summed E-state index contributed by atoms with van der Waals surface area (Å²) in [7, 11) is 0. The number of benzene rings is 1. The summed E-state index contributed by atoms with van der Waals surface area (Å²) in [5.41, 5.74) is 0.322. The van der Waals surface area contributed by atoms with E-state index in [-0.39, 0.29) is 23.8 Å². The average molecular weight is 436 g/mol. The minimum absolute atomic E-state index is 0.0305. The molecule has 2 heterocycles. The van der Waals surface area contributed by atoms with Crippen molar-refractivity contribution in [1.82, 2.24) is 9.80 Å². The number of hydrogen-bond donors (Lipinski definition) is 0. The Morgan fingerprint density at radius 1 is 1.26 bits per heavy atom. The molecule has 2 atom stereocenters. The maximum Gasteiger partial charge on any atom is 0.410 e. The van der Waals surface area contributed by atoms with Gasteiger partial charge >= 0.3 is 6.09 Å². The number of nitrogens with zero attached hydrogens (tertiary/aromatic N) is 3. The van der Waals surface area contributed by atoms with Crippen molar-refractivity contribution >= 4 is 6.09 Å². The smallest absolute Gasteiger partial charge is 0.410 e. The zero-order valence-electron chi connectivity index (χ0n) is 20.1. The average Bonchev–Trinajstić information content (AvgIpc) is 2.74. The van der Waals surface area contributed by atoms with Gasteiger partial charge in [0.2, 0.25) is 0 Å². The lowest BCUT2D eigenvalue weighted by atomic mass is 10.0. The Hall–Kier alpha value is -2.17. The summed E-state index contributed by atoms with van der Waals surface area (Å²) in [6.07, 6.45) is 0.753. The number of amides is 1. The van der Waals surface area contributed by atoms with Gasteiger partial charge in [-0.05, 0) is 38.5 Å². The normalized spacial score (nSPS) is 20.8. The molecule has 3 rings (SSSR count). The SMILES string of the molecule is CC.CC(C)(C)OC(=O)N1CCN2CC(c3ccc(F)c(C#N)c3)OCC2C1.CCC. The van der Waals surface area contributed by atoms with Crippen LogP contribution in [0, 0.1) is 17.1 Å². The molecule has 2 fully saturated rings. The second-order valence-corrected chi connectivity index (χ2v) is 8.46. The summed E-state index contributed by atoms with van der Waals surface area (Å²) < 4.78 is 24.9. The van der Waals surface area contributed by atoms with E-state index in [2.05, 4.69) is 18.7 Å². The molecule has 6 nitrogen and oxygen atoms in total. The second kappa shape index (κ2) is 12.6. The highest BCUT2D eigenvalue weighted by Gasteiger charge is 2.36. The Labute approximate surface area is 186 Å². The first-order valence-electron chi connectivity index (χ1n) is 11.2. The zero-order chi connectivity index (χ0) is 23.6. The highest BCUT2D eigenvalue weighted by atomic mass is 19.1. The van der Waals surface area contributed by atoms with Crippen molar-refractivity contribution < 1.29 is 18.7 Å². The van der Waals surface area contributed by atoms with E-state index < -0.39 is 11.4 Å². The third-order valence-electron chi connectivity index (χ3n) is 4.63. The minimum Gasteiger partial charge on any atom is -0.444 e. The van der Waals surface area contributed by atoms with Gasteiger partial charge in [0.15, 0.2) is 0 Å². The van der Waals surface area contributed by atoms with Crippen LogP contribution in [0.5, 0.6) is 0 Å². The van der Waals surface area contributed by atoms with Crippen molar-refractivity contribution in [3.63, 3.8) is 0 Å². The first-order valence-corrected chi connectivity index (χ1v) is 11.2. The van der Waals surface area contributed by atoms with E-state index in [1.54, 1.807) is 17.0 Å². The highest BCUT2D eigenvalue weighted by molar-refractivity contribution is 5.68. The number of piperazine rings is 1. The Morgan fingerprint density at radius 2 is 1.90 bits per heavy atom. The van der Waals surface area contributed by atoms with Crippen LogP contribution >= 0.6 is 0 Å². The number of carbonyl (C=O) groups excluding carboxylic acids is 1. The maximum atomic E-state index is 13.5. The van der Waals surface area contributed by atoms with Crippen LogP contribution in [0.4, 0.5) is 9.18 Å². The van der Waals surface area contributed by atoms with Crippen molar-refractivity contribution in [3.05, 3.63) is 35.1 Å². The molecule has 0 saturated carbocycles. The highest BCUT2D eigenvalue weighted by Crippen LogP contribution is 2.28. The predicted octanol–water partition coefficient (Wildman–Crippen LogP) is 5.13. The molecule has 2 saturated heterocycles. The van der Waals surface area contributed by atoms with Gasteiger partial charge in [0.25, 0.3) is 0 Å². The largest absolute Gasteiger partial charge is 0.444 e. The molecule has 0 bridgehead atoms. The molecule has 0 radical (unpaired) electrons. The van der Waals surface area contributed by atoms with Crippen LogP contribution in [-0.2, 0) is 9.47 Å². The molecule has 1 aromatic carbocycles. The fraction of sp³-hybridized carbons (Fsp3) is 0.667. The van der Waals surface area contributed by atoms with Crippen LogP contribution in [0.1, 0.15) is 72.1 Å². The van der Waals surface area contributed by atoms with Crippen molar-refractivity contribution in [2.75, 3.05) is 32.8 Å². The van der Waals surface area contributed by atoms with Gasteiger partial charge in [-0.25, -0.2) is 9.18 Å². The third-order valence-corrected chi connectivity index (χ3v) is 4.63. The van der Waals surface area contributed by atoms with Crippen molar-refractivity contribution in [2.45, 2.75) is 72.6 Å². The van der Waals surface area contributed by atoms with Crippen LogP contribution in [0.15, 0.2) is 18.2 Å². The summed E-state index contributed by atoms with van der Waals surface area (Å²) in [6, 6.07) is 6.51. The molecular weight excluding hydrogens is 397 g/mol. The summed E-state index contributed by atoms with van der Waals surface area (Å²) >= 11 is 0. The summed E-state index contributed by atoms with van der Waals surface area (Å²) in [5, 5.41) is 9.00. The number of nitriles is 1. The number of morpholine rings is 1. The molecule has 7 heteroatoms. The molecule has 0 aliphatic carbocycles. The number of carbonyl (C=O) groups is 1. The van der Waals surface area contributed by atoms with Gasteiger partial charge < -0.3 is 14.4 Å². The fourth-order valence-electron chi connectivity index (χ4n) is 3.31. The van der Waals surface area contributed by atoms with Gasteiger partial charge in [-0.1, -0.05) is 40.2 Å². The first-order chi connectivity index (χ1) is 14.7. The lowest BCUT2D eigenvalue weighted by molar-refractivity contribution is -0.0906. The second-order valence-electron chi connectivity index (χ2n) is 8.46. The van der Waals surface area contributed by atoms with E-state index in [1.807, 2.05) is 40.7 Å². The fourth-order valence-corrected chi connectivity index (χ4v) is 3.31. The quantitative estimate of drug-likeness (QED) is 0.612. The van der Waals surface area contributed by atoms with Crippen molar-refractivity contribution in [3.8, 4) is 6.07 Å². The maximum absolute atomic E-state index is 13.5. The van der Waals surface area contributed by atoms with Crippen molar-refractivity contribution in [2.24, 2.45) is 0 Å². The molecule has 0 spiro atoms. The number of rotatable bonds is 1. The zero-order valence-corrected chi connectivity index (χ0v) is 20.1. The van der Waals surface area contributed by atoms with Gasteiger partial charge in [0, 0.05) is 26.2 Å². The van der Waals surface area contributed by atoms with E-state index in [0.29, 0.717) is 26.2 Å². The predicted molar refractivity (Wildman–Crippen MR) is 120 cm³/mol. The molecule has 2 unspecified atom stereocenters. The van der Waals surface area contributed by atoms with Crippen LogP contribution in [-0.4, -0.2) is 60.3 Å². The van der Waals surface area contributed by atoms with Gasteiger partial charge in [0.1, 0.15) is 17.5 Å². The Morgan fingerprint density at radius 3 is 2.48 bits per heavy atom. The standard InChI is InChI=1S/C19H24FN3O3.C3H8.C2H6/c1-19(2,3)26-18(24)23-7-6-22-11-17(25-12-15(22)10-23)13-4-5-16(20)14(8-13)9-21;1-3-2;1-2/h4-5,8,15,17H,6-7,10-12H2,1-3H3;3H2,1-2H3;1-2H3. The molecule has 0 aromatic heterocycles. The Balaban J connectivity index is 0.000000884. The Bertz CT molecular complexity index is 743.